The van der Waals surface area contributed by atoms with E-state index in [1.165, 1.54) is 20.3 Å². The zero-order valence-electron chi connectivity index (χ0n) is 9.28. The fraction of sp³-hybridized carbons (Fsp3) is 0.250. The molecule has 9 heteroatoms. The summed E-state index contributed by atoms with van der Waals surface area (Å²) in [5, 5.41) is -0.420. The second-order valence-corrected chi connectivity index (χ2v) is 4.79. The summed E-state index contributed by atoms with van der Waals surface area (Å²) >= 11 is 11.4. The average Bonchev–Trinajstić information content (AvgIpc) is 2.18. The number of hydrogen-bond donors (Lipinski definition) is 0. The van der Waals surface area contributed by atoms with Crippen molar-refractivity contribution < 1.29 is 73.8 Å². The fourth-order valence-electron chi connectivity index (χ4n) is 1.13. The molecule has 0 amide bonds. The van der Waals surface area contributed by atoms with Gasteiger partial charge in [0.1, 0.15) is 25.8 Å². The SMILES string of the molecule is COc1cc(Cl)c(OC)c(S(=O)(=O)[O-])c1Cl.[K+]. The largest absolute Gasteiger partial charge is 1.00 e. The minimum Gasteiger partial charge on any atom is -0.744 e. The van der Waals surface area contributed by atoms with Gasteiger partial charge in [0.25, 0.3) is 0 Å². The molecule has 1 aromatic carbocycles. The van der Waals surface area contributed by atoms with Crippen molar-refractivity contribution in [2.45, 2.75) is 4.90 Å². The summed E-state index contributed by atoms with van der Waals surface area (Å²) in [4.78, 5) is -0.721. The number of benzene rings is 1. The molecule has 0 atom stereocenters. The summed E-state index contributed by atoms with van der Waals surface area (Å²) in [7, 11) is -2.35. The minimum absolute atomic E-state index is 0. The Kier molecular flexibility index (Phi) is 7.31. The molecule has 5 nitrogen and oxygen atoms in total. The molecule has 0 N–H and O–H groups in total. The standard InChI is InChI=1S/C8H8Cl2O5S.K/c1-14-5-3-4(9)7(15-2)8(6(5)10)16(11,12)13;/h3H,1-2H3,(H,11,12,13);/q;+1/p-1. The molecular weight excluding hydrogens is 318 g/mol. The van der Waals surface area contributed by atoms with E-state index in [2.05, 4.69) is 0 Å². The van der Waals surface area contributed by atoms with Gasteiger partial charge < -0.3 is 14.0 Å². The Morgan fingerprint density at radius 3 is 2.12 bits per heavy atom. The van der Waals surface area contributed by atoms with E-state index in [9.17, 15) is 13.0 Å². The first-order valence-electron chi connectivity index (χ1n) is 3.88. The van der Waals surface area contributed by atoms with Crippen LogP contribution in [0.25, 0.3) is 0 Å². The third-order valence-corrected chi connectivity index (χ3v) is 3.43. The molecule has 0 bridgehead atoms. The Morgan fingerprint density at radius 1 is 1.24 bits per heavy atom. The topological polar surface area (TPSA) is 75.7 Å². The molecule has 0 unspecified atom stereocenters. The smallest absolute Gasteiger partial charge is 0.744 e. The van der Waals surface area contributed by atoms with Gasteiger partial charge in [-0.3, -0.25) is 0 Å². The van der Waals surface area contributed by atoms with Crippen LogP contribution in [0, 0.1) is 0 Å². The van der Waals surface area contributed by atoms with Crippen molar-refractivity contribution >= 4 is 33.3 Å². The number of halogens is 2. The van der Waals surface area contributed by atoms with Gasteiger partial charge in [0.05, 0.1) is 19.2 Å². The van der Waals surface area contributed by atoms with E-state index >= 15 is 0 Å². The molecule has 90 valence electrons. The van der Waals surface area contributed by atoms with Crippen LogP contribution < -0.4 is 60.9 Å². The number of ether oxygens (including phenoxy) is 2. The molecule has 0 aliphatic rings. The van der Waals surface area contributed by atoms with E-state index in [1.54, 1.807) is 0 Å². The van der Waals surface area contributed by atoms with Crippen LogP contribution in [0.2, 0.25) is 10.0 Å². The fourth-order valence-corrected chi connectivity index (χ4v) is 2.69. The van der Waals surface area contributed by atoms with Crippen molar-refractivity contribution in [2.24, 2.45) is 0 Å². The van der Waals surface area contributed by atoms with Crippen LogP contribution >= 0.6 is 23.2 Å². The van der Waals surface area contributed by atoms with E-state index < -0.39 is 15.0 Å². The minimum atomic E-state index is -4.80. The van der Waals surface area contributed by atoms with Crippen molar-refractivity contribution in [1.82, 2.24) is 0 Å². The quantitative estimate of drug-likeness (QED) is 0.522. The van der Waals surface area contributed by atoms with Crippen molar-refractivity contribution in [2.75, 3.05) is 14.2 Å². The van der Waals surface area contributed by atoms with Crippen LogP contribution in [0.1, 0.15) is 0 Å². The van der Waals surface area contributed by atoms with Crippen LogP contribution in [0.4, 0.5) is 0 Å². The molecule has 0 aliphatic carbocycles. The van der Waals surface area contributed by atoms with E-state index in [1.807, 2.05) is 0 Å². The Bertz CT molecular complexity index is 517. The van der Waals surface area contributed by atoms with Crippen LogP contribution in [0.3, 0.4) is 0 Å². The molecule has 0 aromatic heterocycles. The van der Waals surface area contributed by atoms with Crippen molar-refractivity contribution in [3.8, 4) is 11.5 Å². The first-order chi connectivity index (χ1) is 7.32. The van der Waals surface area contributed by atoms with Gasteiger partial charge in [-0.25, -0.2) is 8.42 Å². The van der Waals surface area contributed by atoms with Crippen LogP contribution in [-0.4, -0.2) is 27.2 Å². The first-order valence-corrected chi connectivity index (χ1v) is 6.05. The summed E-state index contributed by atoms with van der Waals surface area (Å²) in [6, 6.07) is 1.26. The van der Waals surface area contributed by atoms with E-state index in [-0.39, 0.29) is 72.9 Å². The predicted octanol–water partition coefficient (Wildman–Crippen LogP) is -1.08. The number of methoxy groups -OCH3 is 2. The second kappa shape index (κ2) is 6.92. The number of hydrogen-bond acceptors (Lipinski definition) is 5. The third kappa shape index (κ3) is 3.95. The maximum Gasteiger partial charge on any atom is 1.00 e. The summed E-state index contributed by atoms with van der Waals surface area (Å²) < 4.78 is 42.6. The summed E-state index contributed by atoms with van der Waals surface area (Å²) in [5.41, 5.74) is 0. The summed E-state index contributed by atoms with van der Waals surface area (Å²) in [6.45, 7) is 0. The van der Waals surface area contributed by atoms with Gasteiger partial charge in [-0.15, -0.1) is 0 Å². The van der Waals surface area contributed by atoms with Gasteiger partial charge >= 0.3 is 51.4 Å². The van der Waals surface area contributed by atoms with Gasteiger partial charge in [0.15, 0.2) is 5.75 Å². The summed E-state index contributed by atoms with van der Waals surface area (Å²) in [5.74, 6) is -0.302. The van der Waals surface area contributed by atoms with Gasteiger partial charge in [-0.05, 0) is 0 Å². The Balaban J connectivity index is 0.00000256. The first kappa shape index (κ1) is 17.9. The Morgan fingerprint density at radius 2 is 1.76 bits per heavy atom. The normalized spacial score (nSPS) is 10.6. The average molecular weight is 325 g/mol. The Labute approximate surface area is 152 Å². The molecule has 17 heavy (non-hydrogen) atoms. The molecule has 0 spiro atoms. The predicted molar refractivity (Wildman–Crippen MR) is 57.5 cm³/mol. The Hall–Kier alpha value is 0.946. The molecular formula is C8H7Cl2KO5S. The number of rotatable bonds is 3. The maximum absolute atomic E-state index is 11.0. The molecule has 0 heterocycles. The van der Waals surface area contributed by atoms with E-state index in [0.717, 1.165) is 0 Å². The van der Waals surface area contributed by atoms with Crippen molar-refractivity contribution in [1.29, 1.82) is 0 Å². The molecule has 1 rings (SSSR count). The van der Waals surface area contributed by atoms with E-state index in [4.69, 9.17) is 32.7 Å². The van der Waals surface area contributed by atoms with E-state index in [0.29, 0.717) is 0 Å². The van der Waals surface area contributed by atoms with Crippen LogP contribution in [-0.2, 0) is 10.1 Å². The molecule has 0 saturated carbocycles. The molecule has 0 radical (unpaired) electrons. The van der Waals surface area contributed by atoms with Gasteiger partial charge in [0.2, 0.25) is 0 Å². The monoisotopic (exact) mass is 324 g/mol. The van der Waals surface area contributed by atoms with Gasteiger partial charge in [0, 0.05) is 6.07 Å². The van der Waals surface area contributed by atoms with Crippen LogP contribution in [0.5, 0.6) is 11.5 Å². The molecule has 0 aliphatic heterocycles. The van der Waals surface area contributed by atoms with Gasteiger partial charge in [-0.1, -0.05) is 23.2 Å². The zero-order valence-corrected chi connectivity index (χ0v) is 14.7. The molecule has 0 saturated heterocycles. The maximum atomic E-state index is 11.0. The zero-order chi connectivity index (χ0) is 12.5. The van der Waals surface area contributed by atoms with Crippen molar-refractivity contribution in [3.05, 3.63) is 16.1 Å². The third-order valence-electron chi connectivity index (χ3n) is 1.77. The van der Waals surface area contributed by atoms with Crippen LogP contribution in [0.15, 0.2) is 11.0 Å². The summed E-state index contributed by atoms with van der Waals surface area (Å²) in [6.07, 6.45) is 0. The molecule has 1 aromatic rings. The molecule has 0 fully saturated rings. The van der Waals surface area contributed by atoms with Crippen molar-refractivity contribution in [3.63, 3.8) is 0 Å². The second-order valence-electron chi connectivity index (χ2n) is 2.69. The van der Waals surface area contributed by atoms with Gasteiger partial charge in [-0.2, -0.15) is 0 Å².